The third kappa shape index (κ3) is 3.44. The van der Waals surface area contributed by atoms with Crippen LogP contribution in [0, 0.1) is 0 Å². The Bertz CT molecular complexity index is 484. The van der Waals surface area contributed by atoms with Gasteiger partial charge in [0.2, 0.25) is 0 Å². The molecule has 2 fully saturated rings. The summed E-state index contributed by atoms with van der Waals surface area (Å²) in [5, 5.41) is 7.04. The zero-order chi connectivity index (χ0) is 13.9. The largest absolute Gasteiger partial charge is 0.322 e. The summed E-state index contributed by atoms with van der Waals surface area (Å²) >= 11 is 5.95. The molecular weight excluding hydrogens is 274 g/mol. The fourth-order valence-corrected chi connectivity index (χ4v) is 2.89. The quantitative estimate of drug-likeness (QED) is 0.896. The van der Waals surface area contributed by atoms with Gasteiger partial charge < -0.3 is 15.5 Å². The predicted octanol–water partition coefficient (Wildman–Crippen LogP) is 3.09. The first-order valence-electron chi connectivity index (χ1n) is 7.29. The predicted molar refractivity (Wildman–Crippen MR) is 81.2 cm³/mol. The van der Waals surface area contributed by atoms with Gasteiger partial charge in [-0.2, -0.15) is 0 Å². The van der Waals surface area contributed by atoms with Gasteiger partial charge in [-0.05, 0) is 50.4 Å². The second kappa shape index (κ2) is 6.02. The number of benzene rings is 1. The number of hydrogen-bond donors (Lipinski definition) is 2. The highest BCUT2D eigenvalue weighted by atomic mass is 35.5. The zero-order valence-corrected chi connectivity index (χ0v) is 12.2. The van der Waals surface area contributed by atoms with E-state index in [0.717, 1.165) is 38.0 Å². The highest BCUT2D eigenvalue weighted by Crippen LogP contribution is 2.28. The van der Waals surface area contributed by atoms with Gasteiger partial charge in [-0.1, -0.05) is 17.7 Å². The zero-order valence-electron chi connectivity index (χ0n) is 11.4. The third-order valence-corrected chi connectivity index (χ3v) is 4.14. The van der Waals surface area contributed by atoms with Crippen molar-refractivity contribution in [2.24, 2.45) is 0 Å². The van der Waals surface area contributed by atoms with Gasteiger partial charge in [-0.15, -0.1) is 0 Å². The molecule has 2 aliphatic rings. The normalized spacial score (nSPS) is 21.8. The van der Waals surface area contributed by atoms with Crippen molar-refractivity contribution < 1.29 is 4.79 Å². The Kier molecular flexibility index (Phi) is 4.13. The Balaban J connectivity index is 1.63. The van der Waals surface area contributed by atoms with Crippen LogP contribution in [0.3, 0.4) is 0 Å². The fourth-order valence-electron chi connectivity index (χ4n) is 2.70. The van der Waals surface area contributed by atoms with E-state index in [-0.39, 0.29) is 6.03 Å². The van der Waals surface area contributed by atoms with Gasteiger partial charge in [0, 0.05) is 29.3 Å². The molecule has 2 amide bonds. The van der Waals surface area contributed by atoms with E-state index in [0.29, 0.717) is 17.1 Å². The van der Waals surface area contributed by atoms with Crippen LogP contribution in [0.5, 0.6) is 0 Å². The van der Waals surface area contributed by atoms with Gasteiger partial charge in [0.1, 0.15) is 0 Å². The van der Waals surface area contributed by atoms with E-state index in [9.17, 15) is 4.79 Å². The number of amides is 2. The first-order valence-corrected chi connectivity index (χ1v) is 7.67. The molecule has 5 heteroatoms. The van der Waals surface area contributed by atoms with Crippen LogP contribution < -0.4 is 10.6 Å². The topological polar surface area (TPSA) is 44.4 Å². The van der Waals surface area contributed by atoms with Gasteiger partial charge in [0.05, 0.1) is 0 Å². The van der Waals surface area contributed by atoms with E-state index in [2.05, 4.69) is 10.6 Å². The van der Waals surface area contributed by atoms with Crippen LogP contribution in [0.1, 0.15) is 25.7 Å². The monoisotopic (exact) mass is 293 g/mol. The molecule has 108 valence electrons. The molecule has 1 aliphatic carbocycles. The first kappa shape index (κ1) is 13.7. The summed E-state index contributed by atoms with van der Waals surface area (Å²) in [5.74, 6) is 0. The van der Waals surface area contributed by atoms with Crippen LogP contribution in [0.4, 0.5) is 10.5 Å². The van der Waals surface area contributed by atoms with E-state index in [1.54, 1.807) is 12.1 Å². The lowest BCUT2D eigenvalue weighted by Gasteiger charge is -2.26. The molecule has 20 heavy (non-hydrogen) atoms. The van der Waals surface area contributed by atoms with Gasteiger partial charge in [-0.3, -0.25) is 0 Å². The molecule has 2 N–H and O–H groups in total. The smallest absolute Gasteiger partial charge is 0.320 e. The van der Waals surface area contributed by atoms with E-state index in [1.165, 1.54) is 6.42 Å². The van der Waals surface area contributed by atoms with E-state index < -0.39 is 0 Å². The maximum absolute atomic E-state index is 12.4. The number of nitrogens with one attached hydrogen (secondary N) is 2. The number of anilines is 1. The second-order valence-corrected chi connectivity index (χ2v) is 6.05. The number of urea groups is 1. The number of halogens is 1. The molecule has 1 aliphatic heterocycles. The third-order valence-electron chi connectivity index (χ3n) is 3.90. The lowest BCUT2D eigenvalue weighted by Crippen LogP contribution is -2.44. The molecule has 1 heterocycles. The van der Waals surface area contributed by atoms with Crippen LogP contribution in [-0.2, 0) is 0 Å². The van der Waals surface area contributed by atoms with Crippen molar-refractivity contribution in [3.8, 4) is 0 Å². The van der Waals surface area contributed by atoms with Crippen molar-refractivity contribution in [2.75, 3.05) is 18.4 Å². The standard InChI is InChI=1S/C15H20ClN3O/c16-11-3-1-4-12(9-11)18-15(20)19(14-6-7-14)10-13-5-2-8-17-13/h1,3-4,9,13-14,17H,2,5-8,10H2,(H,18,20). The van der Waals surface area contributed by atoms with E-state index >= 15 is 0 Å². The Morgan fingerprint density at radius 2 is 2.25 bits per heavy atom. The summed E-state index contributed by atoms with van der Waals surface area (Å²) in [5.41, 5.74) is 0.757. The average molecular weight is 294 g/mol. The Hall–Kier alpha value is -1.26. The average Bonchev–Trinajstić information content (AvgIpc) is 3.12. The first-order chi connectivity index (χ1) is 9.72. The molecule has 3 rings (SSSR count). The van der Waals surface area contributed by atoms with Crippen molar-refractivity contribution >= 4 is 23.3 Å². The molecule has 1 saturated carbocycles. The van der Waals surface area contributed by atoms with Crippen molar-refractivity contribution in [1.82, 2.24) is 10.2 Å². The number of rotatable bonds is 4. The number of hydrogen-bond acceptors (Lipinski definition) is 2. The molecule has 1 unspecified atom stereocenters. The van der Waals surface area contributed by atoms with E-state index in [1.807, 2.05) is 17.0 Å². The summed E-state index contributed by atoms with van der Waals surface area (Å²) in [6, 6.07) is 8.14. The molecule has 1 atom stereocenters. The van der Waals surface area contributed by atoms with Crippen molar-refractivity contribution in [3.63, 3.8) is 0 Å². The molecule has 0 bridgehead atoms. The fraction of sp³-hybridized carbons (Fsp3) is 0.533. The summed E-state index contributed by atoms with van der Waals surface area (Å²) in [7, 11) is 0. The minimum Gasteiger partial charge on any atom is -0.320 e. The van der Waals surface area contributed by atoms with Crippen LogP contribution in [0.25, 0.3) is 0 Å². The van der Waals surface area contributed by atoms with Gasteiger partial charge in [-0.25, -0.2) is 4.79 Å². The summed E-state index contributed by atoms with van der Waals surface area (Å²) < 4.78 is 0. The van der Waals surface area contributed by atoms with Crippen LogP contribution in [0.2, 0.25) is 5.02 Å². The minimum absolute atomic E-state index is 0.0107. The van der Waals surface area contributed by atoms with Crippen LogP contribution in [-0.4, -0.2) is 36.1 Å². The number of carbonyl (C=O) groups is 1. The minimum atomic E-state index is -0.0107. The van der Waals surface area contributed by atoms with Gasteiger partial charge in [0.25, 0.3) is 0 Å². The lowest BCUT2D eigenvalue weighted by molar-refractivity contribution is 0.203. The van der Waals surface area contributed by atoms with Crippen LogP contribution >= 0.6 is 11.6 Å². The molecule has 4 nitrogen and oxygen atoms in total. The maximum Gasteiger partial charge on any atom is 0.322 e. The number of carbonyl (C=O) groups excluding carboxylic acids is 1. The SMILES string of the molecule is O=C(Nc1cccc(Cl)c1)N(CC1CCCN1)C1CC1. The Labute approximate surface area is 124 Å². The highest BCUT2D eigenvalue weighted by molar-refractivity contribution is 6.30. The van der Waals surface area contributed by atoms with Crippen LogP contribution in [0.15, 0.2) is 24.3 Å². The molecule has 0 radical (unpaired) electrons. The second-order valence-electron chi connectivity index (χ2n) is 5.62. The van der Waals surface area contributed by atoms with Crippen molar-refractivity contribution in [1.29, 1.82) is 0 Å². The highest BCUT2D eigenvalue weighted by Gasteiger charge is 2.34. The van der Waals surface area contributed by atoms with Crippen molar-refractivity contribution in [2.45, 2.75) is 37.8 Å². The molecule has 1 aromatic carbocycles. The lowest BCUT2D eigenvalue weighted by atomic mass is 10.2. The molecular formula is C15H20ClN3O. The van der Waals surface area contributed by atoms with Crippen molar-refractivity contribution in [3.05, 3.63) is 29.3 Å². The van der Waals surface area contributed by atoms with Gasteiger partial charge >= 0.3 is 6.03 Å². The Morgan fingerprint density at radius 1 is 1.40 bits per heavy atom. The Morgan fingerprint density at radius 3 is 2.90 bits per heavy atom. The molecule has 1 saturated heterocycles. The van der Waals surface area contributed by atoms with Gasteiger partial charge in [0.15, 0.2) is 0 Å². The molecule has 0 spiro atoms. The molecule has 1 aromatic rings. The summed E-state index contributed by atoms with van der Waals surface area (Å²) in [6.45, 7) is 1.87. The summed E-state index contributed by atoms with van der Waals surface area (Å²) in [4.78, 5) is 14.4. The van der Waals surface area contributed by atoms with E-state index in [4.69, 9.17) is 11.6 Å². The maximum atomic E-state index is 12.4. The molecule has 0 aromatic heterocycles. The summed E-state index contributed by atoms with van der Waals surface area (Å²) in [6.07, 6.45) is 4.61. The number of nitrogens with zero attached hydrogens (tertiary/aromatic N) is 1.